The van der Waals surface area contributed by atoms with Crippen molar-refractivity contribution in [2.45, 2.75) is 39.8 Å². The number of hydrogen-bond donors (Lipinski definition) is 1. The molecule has 2 heteroatoms. The Morgan fingerprint density at radius 3 is 2.14 bits per heavy atom. The Bertz CT molecular complexity index is 555. The minimum absolute atomic E-state index is 0.122. The Labute approximate surface area is 128 Å². The number of nitrogens with zero attached hydrogens (tertiary/aromatic N) is 1. The van der Waals surface area contributed by atoms with Gasteiger partial charge in [-0.05, 0) is 51.5 Å². The second kappa shape index (κ2) is 6.77. The molecule has 2 nitrogen and oxygen atoms in total. The van der Waals surface area contributed by atoms with Crippen LogP contribution in [0.1, 0.15) is 33.3 Å². The summed E-state index contributed by atoms with van der Waals surface area (Å²) in [5.41, 5.74) is 3.97. The number of para-hydroxylation sites is 2. The van der Waals surface area contributed by atoms with Gasteiger partial charge in [-0.1, -0.05) is 36.4 Å². The molecule has 0 fully saturated rings. The van der Waals surface area contributed by atoms with Crippen LogP contribution in [0.15, 0.2) is 54.6 Å². The summed E-state index contributed by atoms with van der Waals surface area (Å²) in [6.45, 7) is 10.6. The van der Waals surface area contributed by atoms with Gasteiger partial charge in [0.15, 0.2) is 0 Å². The van der Waals surface area contributed by atoms with E-state index in [-0.39, 0.29) is 5.54 Å². The molecular weight excluding hydrogens is 256 g/mol. The lowest BCUT2D eigenvalue weighted by atomic mass is 10.1. The molecule has 0 amide bonds. The van der Waals surface area contributed by atoms with Crippen LogP contribution in [0.3, 0.4) is 0 Å². The van der Waals surface area contributed by atoms with Crippen molar-refractivity contribution >= 4 is 11.4 Å². The van der Waals surface area contributed by atoms with Gasteiger partial charge in [-0.3, -0.25) is 0 Å². The van der Waals surface area contributed by atoms with Gasteiger partial charge < -0.3 is 10.2 Å². The van der Waals surface area contributed by atoms with Gasteiger partial charge in [-0.25, -0.2) is 0 Å². The Kier molecular flexibility index (Phi) is 5.03. The number of benzene rings is 2. The fourth-order valence-corrected chi connectivity index (χ4v) is 2.38. The largest absolute Gasteiger partial charge is 0.342 e. The van der Waals surface area contributed by atoms with Gasteiger partial charge in [0, 0.05) is 30.0 Å². The molecule has 2 rings (SSSR count). The van der Waals surface area contributed by atoms with Crippen LogP contribution in [-0.2, 0) is 6.54 Å². The van der Waals surface area contributed by atoms with Crippen molar-refractivity contribution in [2.75, 3.05) is 11.4 Å². The van der Waals surface area contributed by atoms with Crippen LogP contribution in [0.5, 0.6) is 0 Å². The molecule has 112 valence electrons. The van der Waals surface area contributed by atoms with Crippen LogP contribution < -0.4 is 10.2 Å². The third kappa shape index (κ3) is 4.33. The molecule has 2 aromatic carbocycles. The summed E-state index contributed by atoms with van der Waals surface area (Å²) >= 11 is 0. The van der Waals surface area contributed by atoms with Crippen molar-refractivity contribution in [1.29, 1.82) is 0 Å². The van der Waals surface area contributed by atoms with E-state index in [1.165, 1.54) is 16.9 Å². The van der Waals surface area contributed by atoms with Crippen LogP contribution >= 0.6 is 0 Å². The van der Waals surface area contributed by atoms with E-state index in [4.69, 9.17) is 0 Å². The van der Waals surface area contributed by atoms with Gasteiger partial charge in [-0.15, -0.1) is 0 Å². The first-order valence-electron chi connectivity index (χ1n) is 7.67. The second-order valence-electron chi connectivity index (χ2n) is 6.31. The van der Waals surface area contributed by atoms with E-state index < -0.39 is 0 Å². The van der Waals surface area contributed by atoms with Crippen LogP contribution in [0.25, 0.3) is 0 Å². The first kappa shape index (κ1) is 15.6. The quantitative estimate of drug-likeness (QED) is 0.852. The maximum absolute atomic E-state index is 3.58. The first-order valence-corrected chi connectivity index (χ1v) is 7.67. The standard InChI is InChI=1S/C19H26N2/c1-5-21(17-12-7-6-8-13-17)18-14-10-9-11-16(18)15-20-19(2,3)4/h6-14,20H,5,15H2,1-4H3. The molecule has 0 atom stereocenters. The van der Waals surface area contributed by atoms with Crippen molar-refractivity contribution in [3.8, 4) is 0 Å². The summed E-state index contributed by atoms with van der Waals surface area (Å²) in [4.78, 5) is 2.36. The average molecular weight is 282 g/mol. The normalized spacial score (nSPS) is 11.4. The van der Waals surface area contributed by atoms with Crippen molar-refractivity contribution < 1.29 is 0 Å². The van der Waals surface area contributed by atoms with Gasteiger partial charge in [-0.2, -0.15) is 0 Å². The predicted octanol–water partition coefficient (Wildman–Crippen LogP) is 4.73. The maximum Gasteiger partial charge on any atom is 0.0456 e. The summed E-state index contributed by atoms with van der Waals surface area (Å²) in [6, 6.07) is 19.2. The molecule has 0 saturated carbocycles. The Hall–Kier alpha value is -1.80. The highest BCUT2D eigenvalue weighted by Gasteiger charge is 2.14. The van der Waals surface area contributed by atoms with E-state index in [0.29, 0.717) is 0 Å². The number of anilines is 2. The Morgan fingerprint density at radius 1 is 0.905 bits per heavy atom. The number of hydrogen-bond acceptors (Lipinski definition) is 2. The van der Waals surface area contributed by atoms with E-state index in [1.54, 1.807) is 0 Å². The molecular formula is C19H26N2. The lowest BCUT2D eigenvalue weighted by Gasteiger charge is -2.28. The van der Waals surface area contributed by atoms with Gasteiger partial charge >= 0.3 is 0 Å². The SMILES string of the molecule is CCN(c1ccccc1)c1ccccc1CNC(C)(C)C. The van der Waals surface area contributed by atoms with Crippen LogP contribution in [0, 0.1) is 0 Å². The molecule has 21 heavy (non-hydrogen) atoms. The molecule has 1 N–H and O–H groups in total. The molecule has 0 aliphatic heterocycles. The van der Waals surface area contributed by atoms with Crippen LogP contribution in [0.4, 0.5) is 11.4 Å². The predicted molar refractivity (Wildman–Crippen MR) is 92.2 cm³/mol. The molecule has 0 saturated heterocycles. The monoisotopic (exact) mass is 282 g/mol. The smallest absolute Gasteiger partial charge is 0.0456 e. The molecule has 0 spiro atoms. The van der Waals surface area contributed by atoms with Crippen molar-refractivity contribution in [1.82, 2.24) is 5.32 Å². The molecule has 0 aromatic heterocycles. The van der Waals surface area contributed by atoms with E-state index in [0.717, 1.165) is 13.1 Å². The van der Waals surface area contributed by atoms with Crippen molar-refractivity contribution in [3.05, 3.63) is 60.2 Å². The summed E-state index contributed by atoms with van der Waals surface area (Å²) < 4.78 is 0. The molecule has 0 unspecified atom stereocenters. The zero-order chi connectivity index (χ0) is 15.3. The topological polar surface area (TPSA) is 15.3 Å². The lowest BCUT2D eigenvalue weighted by Crippen LogP contribution is -2.35. The first-order chi connectivity index (χ1) is 10.0. The number of rotatable bonds is 5. The van der Waals surface area contributed by atoms with E-state index >= 15 is 0 Å². The van der Waals surface area contributed by atoms with Gasteiger partial charge in [0.2, 0.25) is 0 Å². The van der Waals surface area contributed by atoms with Gasteiger partial charge in [0.1, 0.15) is 0 Å². The van der Waals surface area contributed by atoms with E-state index in [2.05, 4.69) is 92.5 Å². The van der Waals surface area contributed by atoms with Crippen molar-refractivity contribution in [2.24, 2.45) is 0 Å². The molecule has 2 aromatic rings. The van der Waals surface area contributed by atoms with Crippen molar-refractivity contribution in [3.63, 3.8) is 0 Å². The molecule has 0 bridgehead atoms. The van der Waals surface area contributed by atoms with Crippen LogP contribution in [0.2, 0.25) is 0 Å². The average Bonchev–Trinajstić information content (AvgIpc) is 2.47. The molecule has 0 aliphatic rings. The van der Waals surface area contributed by atoms with Gasteiger partial charge in [0.05, 0.1) is 0 Å². The highest BCUT2D eigenvalue weighted by molar-refractivity contribution is 5.66. The number of nitrogens with one attached hydrogen (secondary N) is 1. The van der Waals surface area contributed by atoms with Crippen LogP contribution in [-0.4, -0.2) is 12.1 Å². The second-order valence-corrected chi connectivity index (χ2v) is 6.31. The van der Waals surface area contributed by atoms with E-state index in [1.807, 2.05) is 0 Å². The Morgan fingerprint density at radius 2 is 1.52 bits per heavy atom. The third-order valence-corrected chi connectivity index (χ3v) is 3.48. The Balaban J connectivity index is 2.29. The highest BCUT2D eigenvalue weighted by atomic mass is 15.1. The zero-order valence-corrected chi connectivity index (χ0v) is 13.6. The third-order valence-electron chi connectivity index (χ3n) is 3.48. The molecule has 0 aliphatic carbocycles. The molecule has 0 radical (unpaired) electrons. The summed E-state index contributed by atoms with van der Waals surface area (Å²) in [5.74, 6) is 0. The fraction of sp³-hybridized carbons (Fsp3) is 0.368. The molecule has 0 heterocycles. The fourth-order valence-electron chi connectivity index (χ4n) is 2.38. The zero-order valence-electron chi connectivity index (χ0n) is 13.6. The van der Waals surface area contributed by atoms with Gasteiger partial charge in [0.25, 0.3) is 0 Å². The maximum atomic E-state index is 3.58. The minimum Gasteiger partial charge on any atom is -0.342 e. The minimum atomic E-state index is 0.122. The lowest BCUT2D eigenvalue weighted by molar-refractivity contribution is 0.424. The highest BCUT2D eigenvalue weighted by Crippen LogP contribution is 2.28. The van der Waals surface area contributed by atoms with E-state index in [9.17, 15) is 0 Å². The summed E-state index contributed by atoms with van der Waals surface area (Å²) in [7, 11) is 0. The summed E-state index contributed by atoms with van der Waals surface area (Å²) in [6.07, 6.45) is 0. The summed E-state index contributed by atoms with van der Waals surface area (Å²) in [5, 5.41) is 3.58.